The Morgan fingerprint density at radius 1 is 1.17 bits per heavy atom. The third-order valence-corrected chi connectivity index (χ3v) is 5.77. The molecule has 2 aromatic carbocycles. The van der Waals surface area contributed by atoms with Gasteiger partial charge in [-0.1, -0.05) is 37.6 Å². The van der Waals surface area contributed by atoms with Crippen molar-refractivity contribution in [1.82, 2.24) is 10.6 Å². The van der Waals surface area contributed by atoms with Gasteiger partial charge in [-0.2, -0.15) is 0 Å². The van der Waals surface area contributed by atoms with Crippen molar-refractivity contribution in [3.63, 3.8) is 0 Å². The standard InChI is InChI=1S/C25H29N3O7/c1-13(2)21-20(24(29)34-6)22(27-25(30)26-21)16-10-18(28(31)32)23(19(11-16)33-5)35-12-17-9-14(3)7-8-15(17)4/h7-11,13,22H,12H2,1-6H3,(H2,26,27,30). The second-order valence-electron chi connectivity index (χ2n) is 8.55. The molecule has 2 aromatic rings. The van der Waals surface area contributed by atoms with Crippen LogP contribution < -0.4 is 20.1 Å². The molecule has 0 radical (unpaired) electrons. The molecule has 1 aliphatic heterocycles. The minimum Gasteiger partial charge on any atom is -0.493 e. The monoisotopic (exact) mass is 483 g/mol. The number of allylic oxidation sites excluding steroid dienone is 1. The van der Waals surface area contributed by atoms with Crippen molar-refractivity contribution in [2.24, 2.45) is 5.92 Å². The highest BCUT2D eigenvalue weighted by molar-refractivity contribution is 5.95. The number of ether oxygens (including phenoxy) is 3. The highest BCUT2D eigenvalue weighted by atomic mass is 16.6. The number of nitro groups is 1. The van der Waals surface area contributed by atoms with E-state index in [9.17, 15) is 19.7 Å². The van der Waals surface area contributed by atoms with Crippen LogP contribution in [0.3, 0.4) is 0 Å². The number of esters is 1. The summed E-state index contributed by atoms with van der Waals surface area (Å²) < 4.78 is 16.3. The first-order valence-corrected chi connectivity index (χ1v) is 11.0. The minimum atomic E-state index is -0.991. The molecule has 35 heavy (non-hydrogen) atoms. The number of hydrogen-bond donors (Lipinski definition) is 2. The maximum Gasteiger partial charge on any atom is 0.337 e. The number of urea groups is 1. The summed E-state index contributed by atoms with van der Waals surface area (Å²) in [6, 6.07) is 7.14. The van der Waals surface area contributed by atoms with E-state index in [-0.39, 0.29) is 40.8 Å². The average molecular weight is 484 g/mol. The van der Waals surface area contributed by atoms with Crippen molar-refractivity contribution in [2.45, 2.75) is 40.3 Å². The number of amides is 2. The molecule has 0 saturated carbocycles. The Morgan fingerprint density at radius 3 is 2.49 bits per heavy atom. The summed E-state index contributed by atoms with van der Waals surface area (Å²) in [4.78, 5) is 36.5. The van der Waals surface area contributed by atoms with Gasteiger partial charge in [0.25, 0.3) is 0 Å². The molecule has 2 amide bonds. The molecule has 2 N–H and O–H groups in total. The molecule has 1 atom stereocenters. The SMILES string of the molecule is COC(=O)C1=C(C(C)C)NC(=O)NC1c1cc(OC)c(OCc2cc(C)ccc2C)c([N+](=O)[O-])c1. The molecule has 0 spiro atoms. The second-order valence-corrected chi connectivity index (χ2v) is 8.55. The Balaban J connectivity index is 2.12. The van der Waals surface area contributed by atoms with E-state index in [1.165, 1.54) is 26.4 Å². The third kappa shape index (κ3) is 5.37. The Kier molecular flexibility index (Phi) is 7.63. The molecule has 1 aliphatic rings. The molecule has 1 heterocycles. The van der Waals surface area contributed by atoms with Gasteiger partial charge in [-0.3, -0.25) is 10.1 Å². The molecule has 1 unspecified atom stereocenters. The molecule has 186 valence electrons. The number of carbonyl (C=O) groups is 2. The van der Waals surface area contributed by atoms with Crippen LogP contribution in [-0.4, -0.2) is 31.1 Å². The van der Waals surface area contributed by atoms with Gasteiger partial charge >= 0.3 is 17.7 Å². The molecule has 0 fully saturated rings. The Bertz CT molecular complexity index is 1200. The van der Waals surface area contributed by atoms with E-state index in [2.05, 4.69) is 10.6 Å². The fourth-order valence-corrected chi connectivity index (χ4v) is 3.94. The van der Waals surface area contributed by atoms with Crippen LogP contribution in [0.15, 0.2) is 41.6 Å². The van der Waals surface area contributed by atoms with Crippen molar-refractivity contribution >= 4 is 17.7 Å². The molecule has 0 aromatic heterocycles. The van der Waals surface area contributed by atoms with Crippen molar-refractivity contribution in [3.05, 3.63) is 74.0 Å². The van der Waals surface area contributed by atoms with E-state index in [1.54, 1.807) is 0 Å². The number of rotatable bonds is 8. The number of hydrogen-bond acceptors (Lipinski definition) is 7. The maximum atomic E-state index is 12.7. The molecular formula is C25H29N3O7. The molecule has 10 heteroatoms. The average Bonchev–Trinajstić information content (AvgIpc) is 2.82. The number of nitrogens with zero attached hydrogens (tertiary/aromatic N) is 1. The first-order chi connectivity index (χ1) is 16.6. The zero-order valence-corrected chi connectivity index (χ0v) is 20.6. The summed E-state index contributed by atoms with van der Waals surface area (Å²) in [6.07, 6.45) is 0. The summed E-state index contributed by atoms with van der Waals surface area (Å²) in [6.45, 7) is 7.60. The quantitative estimate of drug-likeness (QED) is 0.326. The lowest BCUT2D eigenvalue weighted by molar-refractivity contribution is -0.386. The number of methoxy groups -OCH3 is 2. The van der Waals surface area contributed by atoms with Crippen LogP contribution in [-0.2, 0) is 16.1 Å². The lowest BCUT2D eigenvalue weighted by Crippen LogP contribution is -2.47. The van der Waals surface area contributed by atoms with Crippen LogP contribution in [0.25, 0.3) is 0 Å². The van der Waals surface area contributed by atoms with Gasteiger partial charge in [0.2, 0.25) is 5.75 Å². The van der Waals surface area contributed by atoms with E-state index in [1.807, 2.05) is 45.9 Å². The first kappa shape index (κ1) is 25.5. The minimum absolute atomic E-state index is 0.0462. The van der Waals surface area contributed by atoms with E-state index in [4.69, 9.17) is 14.2 Å². The molecule has 3 rings (SSSR count). The van der Waals surface area contributed by atoms with Crippen LogP contribution in [0.2, 0.25) is 0 Å². The van der Waals surface area contributed by atoms with E-state index in [0.717, 1.165) is 16.7 Å². The smallest absolute Gasteiger partial charge is 0.337 e. The van der Waals surface area contributed by atoms with Crippen LogP contribution in [0, 0.1) is 29.9 Å². The highest BCUT2D eigenvalue weighted by Gasteiger charge is 2.36. The van der Waals surface area contributed by atoms with Crippen molar-refractivity contribution in [1.29, 1.82) is 0 Å². The Morgan fingerprint density at radius 2 is 1.89 bits per heavy atom. The third-order valence-electron chi connectivity index (χ3n) is 5.77. The van der Waals surface area contributed by atoms with Gasteiger partial charge in [0.05, 0.1) is 30.8 Å². The van der Waals surface area contributed by atoms with Gasteiger partial charge in [-0.15, -0.1) is 0 Å². The highest BCUT2D eigenvalue weighted by Crippen LogP contribution is 2.42. The number of aryl methyl sites for hydroxylation is 2. The lowest BCUT2D eigenvalue weighted by Gasteiger charge is -2.31. The van der Waals surface area contributed by atoms with Crippen LogP contribution >= 0.6 is 0 Å². The van der Waals surface area contributed by atoms with Crippen LogP contribution in [0.4, 0.5) is 10.5 Å². The molecular weight excluding hydrogens is 454 g/mol. The number of carbonyl (C=O) groups excluding carboxylic acids is 2. The van der Waals surface area contributed by atoms with E-state index in [0.29, 0.717) is 5.70 Å². The van der Waals surface area contributed by atoms with Crippen LogP contribution in [0.5, 0.6) is 11.5 Å². The lowest BCUT2D eigenvalue weighted by atomic mass is 9.91. The van der Waals surface area contributed by atoms with Gasteiger partial charge in [0, 0.05) is 11.8 Å². The van der Waals surface area contributed by atoms with Gasteiger partial charge in [-0.25, -0.2) is 9.59 Å². The fourth-order valence-electron chi connectivity index (χ4n) is 3.94. The summed E-state index contributed by atoms with van der Waals surface area (Å²) in [5.74, 6) is -0.824. The maximum absolute atomic E-state index is 12.7. The molecule has 0 saturated heterocycles. The molecule has 10 nitrogen and oxygen atoms in total. The summed E-state index contributed by atoms with van der Waals surface area (Å²) >= 11 is 0. The van der Waals surface area contributed by atoms with Gasteiger partial charge < -0.3 is 24.8 Å². The van der Waals surface area contributed by atoms with Gasteiger partial charge in [0.15, 0.2) is 5.75 Å². The normalized spacial score (nSPS) is 15.4. The number of nitro benzene ring substituents is 1. The van der Waals surface area contributed by atoms with Crippen molar-refractivity contribution in [2.75, 3.05) is 14.2 Å². The predicted molar refractivity (Wildman–Crippen MR) is 128 cm³/mol. The van der Waals surface area contributed by atoms with E-state index >= 15 is 0 Å². The van der Waals surface area contributed by atoms with Gasteiger partial charge in [-0.05, 0) is 42.5 Å². The van der Waals surface area contributed by atoms with Gasteiger partial charge in [0.1, 0.15) is 6.61 Å². The van der Waals surface area contributed by atoms with Crippen LogP contribution in [0.1, 0.15) is 42.1 Å². The summed E-state index contributed by atoms with van der Waals surface area (Å²) in [5.41, 5.74) is 3.36. The topological polar surface area (TPSA) is 129 Å². The first-order valence-electron chi connectivity index (χ1n) is 11.0. The fraction of sp³-hybridized carbons (Fsp3) is 0.360. The largest absolute Gasteiger partial charge is 0.493 e. The zero-order valence-electron chi connectivity index (χ0n) is 20.6. The summed E-state index contributed by atoms with van der Waals surface area (Å²) in [5, 5.41) is 17.3. The van der Waals surface area contributed by atoms with Crippen molar-refractivity contribution in [3.8, 4) is 11.5 Å². The second kappa shape index (κ2) is 10.5. The van der Waals surface area contributed by atoms with E-state index < -0.39 is 23.0 Å². The van der Waals surface area contributed by atoms with Crippen molar-refractivity contribution < 1.29 is 28.7 Å². The molecule has 0 aliphatic carbocycles. The zero-order chi connectivity index (χ0) is 25.9. The number of nitrogens with one attached hydrogen (secondary N) is 2. The Labute approximate surface area is 203 Å². The Hall–Kier alpha value is -4.08. The molecule has 0 bridgehead atoms. The summed E-state index contributed by atoms with van der Waals surface area (Å²) in [7, 11) is 2.60. The predicted octanol–water partition coefficient (Wildman–Crippen LogP) is 4.24. The number of benzene rings is 2.